The molecule has 8 heteroatoms. The van der Waals surface area contributed by atoms with Crippen molar-refractivity contribution >= 4 is 46.4 Å². The predicted molar refractivity (Wildman–Crippen MR) is 130 cm³/mol. The lowest BCUT2D eigenvalue weighted by Gasteiger charge is -2.13. The van der Waals surface area contributed by atoms with E-state index in [4.69, 9.17) is 11.6 Å². The number of benzene rings is 3. The highest BCUT2D eigenvalue weighted by Crippen LogP contribution is 2.21. The van der Waals surface area contributed by atoms with E-state index in [1.807, 2.05) is 55.5 Å². The summed E-state index contributed by atoms with van der Waals surface area (Å²) < 4.78 is 1.53. The first kappa shape index (κ1) is 21.8. The van der Waals surface area contributed by atoms with Gasteiger partial charge in [-0.25, -0.2) is 10.4 Å². The smallest absolute Gasteiger partial charge is 0.266 e. The fourth-order valence-corrected chi connectivity index (χ4v) is 4.04. The number of nitrogens with zero attached hydrogens (tertiary/aromatic N) is 3. The summed E-state index contributed by atoms with van der Waals surface area (Å²) in [6, 6.07) is 22.0. The number of thioether (sulfide) groups is 1. The molecule has 1 aromatic heterocycles. The molecule has 0 radical (unpaired) electrons. The van der Waals surface area contributed by atoms with Crippen molar-refractivity contribution in [2.24, 2.45) is 5.10 Å². The standard InChI is InChI=1S/C24H19ClN4O2S/c1-16-10-12-18(13-11-16)29-23(31)19-7-3-5-9-21(19)27-24(29)32-15-22(30)28-26-14-17-6-2-4-8-20(17)25/h2-14H,15H2,1H3,(H,28,30). The molecule has 0 aliphatic carbocycles. The first-order valence-electron chi connectivity index (χ1n) is 9.81. The molecular weight excluding hydrogens is 444 g/mol. The molecular formula is C24H19ClN4O2S. The highest BCUT2D eigenvalue weighted by atomic mass is 35.5. The predicted octanol–water partition coefficient (Wildman–Crippen LogP) is 4.59. The summed E-state index contributed by atoms with van der Waals surface area (Å²) in [6.45, 7) is 1.98. The third-order valence-corrected chi connectivity index (χ3v) is 5.95. The van der Waals surface area contributed by atoms with Gasteiger partial charge in [0.2, 0.25) is 0 Å². The molecule has 3 aromatic carbocycles. The third kappa shape index (κ3) is 4.90. The van der Waals surface area contributed by atoms with Crippen LogP contribution in [0.2, 0.25) is 5.02 Å². The number of rotatable bonds is 6. The van der Waals surface area contributed by atoms with E-state index in [1.54, 1.807) is 24.3 Å². The van der Waals surface area contributed by atoms with Crippen LogP contribution in [0.3, 0.4) is 0 Å². The quantitative estimate of drug-likeness (QED) is 0.197. The van der Waals surface area contributed by atoms with Gasteiger partial charge in [-0.1, -0.05) is 71.4 Å². The zero-order valence-corrected chi connectivity index (χ0v) is 18.7. The van der Waals surface area contributed by atoms with Crippen molar-refractivity contribution in [3.8, 4) is 5.69 Å². The Morgan fingerprint density at radius 2 is 1.81 bits per heavy atom. The summed E-state index contributed by atoms with van der Waals surface area (Å²) in [6.07, 6.45) is 1.49. The number of hydrogen-bond acceptors (Lipinski definition) is 5. The largest absolute Gasteiger partial charge is 0.272 e. The van der Waals surface area contributed by atoms with Crippen LogP contribution in [0.25, 0.3) is 16.6 Å². The molecule has 160 valence electrons. The lowest BCUT2D eigenvalue weighted by molar-refractivity contribution is -0.118. The van der Waals surface area contributed by atoms with Gasteiger partial charge in [0.15, 0.2) is 5.16 Å². The van der Waals surface area contributed by atoms with E-state index in [1.165, 1.54) is 22.5 Å². The van der Waals surface area contributed by atoms with Crippen LogP contribution in [0.5, 0.6) is 0 Å². The second-order valence-corrected chi connectivity index (χ2v) is 8.34. The van der Waals surface area contributed by atoms with Crippen molar-refractivity contribution in [3.05, 3.63) is 99.3 Å². The number of hydrazone groups is 1. The molecule has 4 rings (SSSR count). The third-order valence-electron chi connectivity index (χ3n) is 4.67. The molecule has 0 saturated carbocycles. The highest BCUT2D eigenvalue weighted by molar-refractivity contribution is 7.99. The molecule has 0 saturated heterocycles. The SMILES string of the molecule is Cc1ccc(-n2c(SCC(=O)NN=Cc3ccccc3Cl)nc3ccccc3c2=O)cc1. The van der Waals surface area contributed by atoms with Crippen molar-refractivity contribution in [2.75, 3.05) is 5.75 Å². The Morgan fingerprint density at radius 1 is 1.09 bits per heavy atom. The summed E-state index contributed by atoms with van der Waals surface area (Å²) in [5, 5.41) is 5.46. The number of halogens is 1. The van der Waals surface area contributed by atoms with Gasteiger partial charge in [-0.2, -0.15) is 5.10 Å². The van der Waals surface area contributed by atoms with Gasteiger partial charge in [-0.15, -0.1) is 0 Å². The van der Waals surface area contributed by atoms with E-state index in [0.29, 0.717) is 32.3 Å². The van der Waals surface area contributed by atoms with Gasteiger partial charge in [0.1, 0.15) is 0 Å². The van der Waals surface area contributed by atoms with Gasteiger partial charge >= 0.3 is 0 Å². The van der Waals surface area contributed by atoms with Crippen molar-refractivity contribution in [3.63, 3.8) is 0 Å². The number of carbonyl (C=O) groups excluding carboxylic acids is 1. The maximum absolute atomic E-state index is 13.2. The second kappa shape index (κ2) is 9.80. The molecule has 0 bridgehead atoms. The monoisotopic (exact) mass is 462 g/mol. The van der Waals surface area contributed by atoms with Gasteiger partial charge < -0.3 is 0 Å². The van der Waals surface area contributed by atoms with Crippen LogP contribution in [0.15, 0.2) is 87.8 Å². The van der Waals surface area contributed by atoms with Gasteiger partial charge in [0.05, 0.1) is 28.6 Å². The van der Waals surface area contributed by atoms with E-state index in [2.05, 4.69) is 15.5 Å². The molecule has 4 aromatic rings. The summed E-state index contributed by atoms with van der Waals surface area (Å²) in [5.41, 5.74) is 5.36. The van der Waals surface area contributed by atoms with Crippen molar-refractivity contribution in [1.29, 1.82) is 0 Å². The van der Waals surface area contributed by atoms with Crippen LogP contribution >= 0.6 is 23.4 Å². The fourth-order valence-electron chi connectivity index (χ4n) is 3.05. The first-order chi connectivity index (χ1) is 15.5. The Morgan fingerprint density at radius 3 is 2.59 bits per heavy atom. The molecule has 0 unspecified atom stereocenters. The van der Waals surface area contributed by atoms with Crippen molar-refractivity contribution < 1.29 is 4.79 Å². The zero-order valence-electron chi connectivity index (χ0n) is 17.2. The normalized spacial score (nSPS) is 11.2. The van der Waals surface area contributed by atoms with Crippen molar-refractivity contribution in [1.82, 2.24) is 15.0 Å². The fraction of sp³-hybridized carbons (Fsp3) is 0.0833. The number of hydrogen-bond donors (Lipinski definition) is 1. The van der Waals surface area contributed by atoms with Crippen LogP contribution in [-0.4, -0.2) is 27.4 Å². The van der Waals surface area contributed by atoms with Gasteiger partial charge in [-0.3, -0.25) is 14.2 Å². The Balaban J connectivity index is 1.57. The number of aryl methyl sites for hydroxylation is 1. The number of para-hydroxylation sites is 1. The first-order valence-corrected chi connectivity index (χ1v) is 11.2. The van der Waals surface area contributed by atoms with Crippen LogP contribution in [0.1, 0.15) is 11.1 Å². The van der Waals surface area contributed by atoms with Crippen LogP contribution in [0, 0.1) is 6.92 Å². The molecule has 0 aliphatic heterocycles. The summed E-state index contributed by atoms with van der Waals surface area (Å²) in [4.78, 5) is 30.2. The van der Waals surface area contributed by atoms with E-state index in [-0.39, 0.29) is 17.2 Å². The Labute approximate surface area is 194 Å². The lowest BCUT2D eigenvalue weighted by atomic mass is 10.2. The Hall–Kier alpha value is -3.42. The summed E-state index contributed by atoms with van der Waals surface area (Å²) in [5.74, 6) is -0.285. The molecule has 0 atom stereocenters. The van der Waals surface area contributed by atoms with E-state index >= 15 is 0 Å². The van der Waals surface area contributed by atoms with E-state index in [9.17, 15) is 9.59 Å². The molecule has 1 N–H and O–H groups in total. The maximum atomic E-state index is 13.2. The zero-order chi connectivity index (χ0) is 22.5. The number of amides is 1. The molecule has 0 aliphatic rings. The van der Waals surface area contributed by atoms with Crippen LogP contribution in [0.4, 0.5) is 0 Å². The molecule has 32 heavy (non-hydrogen) atoms. The average Bonchev–Trinajstić information content (AvgIpc) is 2.80. The van der Waals surface area contributed by atoms with Crippen molar-refractivity contribution in [2.45, 2.75) is 12.1 Å². The number of carbonyl (C=O) groups is 1. The Bertz CT molecular complexity index is 1370. The number of fused-ring (bicyclic) bond motifs is 1. The van der Waals surface area contributed by atoms with Gasteiger partial charge in [0.25, 0.3) is 11.5 Å². The minimum atomic E-state index is -0.323. The average molecular weight is 463 g/mol. The van der Waals surface area contributed by atoms with E-state index < -0.39 is 0 Å². The minimum Gasteiger partial charge on any atom is -0.272 e. The summed E-state index contributed by atoms with van der Waals surface area (Å²) >= 11 is 7.25. The molecule has 6 nitrogen and oxygen atoms in total. The summed E-state index contributed by atoms with van der Waals surface area (Å²) in [7, 11) is 0. The second-order valence-electron chi connectivity index (χ2n) is 6.99. The van der Waals surface area contributed by atoms with Gasteiger partial charge in [-0.05, 0) is 37.3 Å². The van der Waals surface area contributed by atoms with Gasteiger partial charge in [0, 0.05) is 10.6 Å². The molecule has 1 heterocycles. The Kier molecular flexibility index (Phi) is 6.68. The highest BCUT2D eigenvalue weighted by Gasteiger charge is 2.14. The minimum absolute atomic E-state index is 0.0382. The number of aromatic nitrogens is 2. The molecule has 0 fully saturated rings. The molecule has 0 spiro atoms. The lowest BCUT2D eigenvalue weighted by Crippen LogP contribution is -2.24. The van der Waals surface area contributed by atoms with E-state index in [0.717, 1.165) is 5.56 Å². The number of nitrogens with one attached hydrogen (secondary N) is 1. The van der Waals surface area contributed by atoms with Crippen LogP contribution in [-0.2, 0) is 4.79 Å². The topological polar surface area (TPSA) is 76.3 Å². The molecule has 1 amide bonds. The maximum Gasteiger partial charge on any atom is 0.266 e. The van der Waals surface area contributed by atoms with Crippen LogP contribution < -0.4 is 11.0 Å².